The largest absolute Gasteiger partial charge is 0.444 e. The summed E-state index contributed by atoms with van der Waals surface area (Å²) in [6, 6.07) is 0. The average Bonchev–Trinajstić information content (AvgIpc) is 2.86. The highest BCUT2D eigenvalue weighted by Gasteiger charge is 2.26. The van der Waals surface area contributed by atoms with E-state index in [4.69, 9.17) is 9.15 Å². The molecule has 1 fully saturated rings. The van der Waals surface area contributed by atoms with Crippen LogP contribution in [-0.4, -0.2) is 24.2 Å². The number of aromatic nitrogens is 1. The third-order valence-corrected chi connectivity index (χ3v) is 3.00. The molecule has 4 heteroatoms. The van der Waals surface area contributed by atoms with Crippen molar-refractivity contribution in [1.82, 2.24) is 10.3 Å². The molecule has 1 N–H and O–H groups in total. The van der Waals surface area contributed by atoms with Crippen LogP contribution in [0, 0.1) is 5.92 Å². The maximum Gasteiger partial charge on any atom is 0.208 e. The standard InChI is InChI=1S/C13H22N2O2/c1-9(2)5-14-7-13-15-6-12(17-13)11-4-10(3)16-8-11/h6,9-11,14H,4-5,7-8H2,1-3H3. The molecule has 2 unspecified atom stereocenters. The second-order valence-electron chi connectivity index (χ2n) is 5.26. The zero-order valence-electron chi connectivity index (χ0n) is 10.9. The zero-order chi connectivity index (χ0) is 12.3. The summed E-state index contributed by atoms with van der Waals surface area (Å²) in [4.78, 5) is 4.30. The first-order valence-corrected chi connectivity index (χ1v) is 6.42. The van der Waals surface area contributed by atoms with Gasteiger partial charge >= 0.3 is 0 Å². The van der Waals surface area contributed by atoms with Crippen molar-refractivity contribution in [1.29, 1.82) is 0 Å². The minimum Gasteiger partial charge on any atom is -0.444 e. The number of hydrogen-bond donors (Lipinski definition) is 1. The van der Waals surface area contributed by atoms with E-state index in [1.54, 1.807) is 0 Å². The number of rotatable bonds is 5. The lowest BCUT2D eigenvalue weighted by atomic mass is 10.0. The molecule has 0 bridgehead atoms. The van der Waals surface area contributed by atoms with E-state index < -0.39 is 0 Å². The van der Waals surface area contributed by atoms with Crippen molar-refractivity contribution in [3.05, 3.63) is 17.8 Å². The van der Waals surface area contributed by atoms with Crippen molar-refractivity contribution in [2.75, 3.05) is 13.2 Å². The number of oxazole rings is 1. The first-order valence-electron chi connectivity index (χ1n) is 6.42. The Labute approximate surface area is 103 Å². The Morgan fingerprint density at radius 2 is 2.35 bits per heavy atom. The van der Waals surface area contributed by atoms with Gasteiger partial charge in [0.15, 0.2) is 0 Å². The zero-order valence-corrected chi connectivity index (χ0v) is 10.9. The van der Waals surface area contributed by atoms with Crippen LogP contribution >= 0.6 is 0 Å². The van der Waals surface area contributed by atoms with Crippen molar-refractivity contribution < 1.29 is 9.15 Å². The third kappa shape index (κ3) is 3.54. The molecule has 1 saturated heterocycles. The van der Waals surface area contributed by atoms with E-state index in [0.717, 1.165) is 31.2 Å². The highest BCUT2D eigenvalue weighted by atomic mass is 16.5. The van der Waals surface area contributed by atoms with Crippen LogP contribution in [0.2, 0.25) is 0 Å². The second kappa shape index (κ2) is 5.65. The van der Waals surface area contributed by atoms with Crippen molar-refractivity contribution in [3.8, 4) is 0 Å². The van der Waals surface area contributed by atoms with Crippen molar-refractivity contribution in [2.24, 2.45) is 5.92 Å². The van der Waals surface area contributed by atoms with Crippen molar-refractivity contribution in [3.63, 3.8) is 0 Å². The summed E-state index contributed by atoms with van der Waals surface area (Å²) in [6.07, 6.45) is 3.22. The molecule has 0 radical (unpaired) electrons. The van der Waals surface area contributed by atoms with Gasteiger partial charge < -0.3 is 14.5 Å². The van der Waals surface area contributed by atoms with Gasteiger partial charge in [0.2, 0.25) is 5.89 Å². The highest BCUT2D eigenvalue weighted by molar-refractivity contribution is 5.04. The Kier molecular flexibility index (Phi) is 4.18. The molecule has 0 amide bonds. The molecule has 1 aromatic heterocycles. The van der Waals surface area contributed by atoms with Gasteiger partial charge in [0.1, 0.15) is 5.76 Å². The van der Waals surface area contributed by atoms with Gasteiger partial charge in [-0.2, -0.15) is 0 Å². The van der Waals surface area contributed by atoms with Crippen molar-refractivity contribution in [2.45, 2.75) is 45.8 Å². The van der Waals surface area contributed by atoms with E-state index in [9.17, 15) is 0 Å². The summed E-state index contributed by atoms with van der Waals surface area (Å²) in [7, 11) is 0. The smallest absolute Gasteiger partial charge is 0.208 e. The first kappa shape index (κ1) is 12.6. The molecule has 1 aliphatic rings. The molecule has 96 valence electrons. The van der Waals surface area contributed by atoms with Crippen LogP contribution in [-0.2, 0) is 11.3 Å². The van der Waals surface area contributed by atoms with Crippen LogP contribution in [0.25, 0.3) is 0 Å². The SMILES string of the molecule is CC(C)CNCc1ncc(C2COC(C)C2)o1. The minimum absolute atomic E-state index is 0.340. The quantitative estimate of drug-likeness (QED) is 0.855. The lowest BCUT2D eigenvalue weighted by Crippen LogP contribution is -2.19. The number of nitrogens with zero attached hydrogens (tertiary/aromatic N) is 1. The van der Waals surface area contributed by atoms with E-state index in [1.807, 2.05) is 6.20 Å². The minimum atomic E-state index is 0.340. The van der Waals surface area contributed by atoms with Crippen molar-refractivity contribution >= 4 is 0 Å². The maximum atomic E-state index is 5.74. The molecular formula is C13H22N2O2. The van der Waals surface area contributed by atoms with E-state index in [0.29, 0.717) is 24.5 Å². The van der Waals surface area contributed by atoms with Gasteiger partial charge in [-0.05, 0) is 25.8 Å². The molecule has 0 aliphatic carbocycles. The molecule has 2 rings (SSSR count). The topological polar surface area (TPSA) is 47.3 Å². The summed E-state index contributed by atoms with van der Waals surface area (Å²) < 4.78 is 11.3. The lowest BCUT2D eigenvalue weighted by Gasteiger charge is -2.05. The second-order valence-corrected chi connectivity index (χ2v) is 5.26. The van der Waals surface area contributed by atoms with E-state index in [1.165, 1.54) is 0 Å². The molecule has 1 aliphatic heterocycles. The predicted octanol–water partition coefficient (Wildman–Crippen LogP) is 2.31. The fourth-order valence-corrected chi connectivity index (χ4v) is 2.08. The monoisotopic (exact) mass is 238 g/mol. The van der Waals surface area contributed by atoms with Gasteiger partial charge in [0.25, 0.3) is 0 Å². The predicted molar refractivity (Wildman–Crippen MR) is 65.8 cm³/mol. The molecule has 2 heterocycles. The van der Waals surface area contributed by atoms with E-state index in [-0.39, 0.29) is 0 Å². The van der Waals surface area contributed by atoms with Crippen LogP contribution in [0.4, 0.5) is 0 Å². The lowest BCUT2D eigenvalue weighted by molar-refractivity contribution is 0.122. The summed E-state index contributed by atoms with van der Waals surface area (Å²) in [5.74, 6) is 2.78. The van der Waals surface area contributed by atoms with Gasteiger partial charge in [-0.15, -0.1) is 0 Å². The summed E-state index contributed by atoms with van der Waals surface area (Å²) in [6.45, 7) is 8.93. The number of hydrogen-bond acceptors (Lipinski definition) is 4. The first-order chi connectivity index (χ1) is 8.15. The van der Waals surface area contributed by atoms with Crippen LogP contribution in [0.1, 0.15) is 44.8 Å². The molecule has 2 atom stereocenters. The fourth-order valence-electron chi connectivity index (χ4n) is 2.08. The maximum absolute atomic E-state index is 5.74. The summed E-state index contributed by atoms with van der Waals surface area (Å²) >= 11 is 0. The normalized spacial score (nSPS) is 24.7. The molecule has 4 nitrogen and oxygen atoms in total. The molecule has 0 aromatic carbocycles. The summed E-state index contributed by atoms with van der Waals surface area (Å²) in [5, 5.41) is 3.33. The Morgan fingerprint density at radius 1 is 1.53 bits per heavy atom. The average molecular weight is 238 g/mol. The molecule has 0 spiro atoms. The van der Waals surface area contributed by atoms with Crippen LogP contribution < -0.4 is 5.32 Å². The van der Waals surface area contributed by atoms with E-state index >= 15 is 0 Å². The molecular weight excluding hydrogens is 216 g/mol. The Balaban J connectivity index is 1.83. The van der Waals surface area contributed by atoms with Crippen LogP contribution in [0.15, 0.2) is 10.6 Å². The number of ether oxygens (including phenoxy) is 1. The van der Waals surface area contributed by atoms with Gasteiger partial charge in [-0.25, -0.2) is 4.98 Å². The van der Waals surface area contributed by atoms with Crippen LogP contribution in [0.5, 0.6) is 0 Å². The molecule has 0 saturated carbocycles. The Morgan fingerprint density at radius 3 is 3.00 bits per heavy atom. The third-order valence-electron chi connectivity index (χ3n) is 3.00. The van der Waals surface area contributed by atoms with Gasteiger partial charge in [0, 0.05) is 5.92 Å². The highest BCUT2D eigenvalue weighted by Crippen LogP contribution is 2.29. The number of nitrogens with one attached hydrogen (secondary N) is 1. The molecule has 17 heavy (non-hydrogen) atoms. The van der Waals surface area contributed by atoms with E-state index in [2.05, 4.69) is 31.1 Å². The van der Waals surface area contributed by atoms with Crippen LogP contribution in [0.3, 0.4) is 0 Å². The van der Waals surface area contributed by atoms with Gasteiger partial charge in [-0.1, -0.05) is 13.8 Å². The van der Waals surface area contributed by atoms with Gasteiger partial charge in [-0.3, -0.25) is 0 Å². The Bertz CT molecular complexity index is 349. The Hall–Kier alpha value is -0.870. The molecule has 1 aromatic rings. The summed E-state index contributed by atoms with van der Waals surface area (Å²) in [5.41, 5.74) is 0. The fraction of sp³-hybridized carbons (Fsp3) is 0.769. The van der Waals surface area contributed by atoms with Gasteiger partial charge in [0.05, 0.1) is 25.5 Å².